The van der Waals surface area contributed by atoms with Crippen LogP contribution in [0.2, 0.25) is 0 Å². The Labute approximate surface area is 352 Å². The Bertz CT molecular complexity index is 3140. The van der Waals surface area contributed by atoms with Gasteiger partial charge < -0.3 is 8.98 Å². The highest BCUT2D eigenvalue weighted by molar-refractivity contribution is 6.72. The van der Waals surface area contributed by atoms with Crippen molar-refractivity contribution >= 4 is 230 Å². The zero-order chi connectivity index (χ0) is 41.2. The molecule has 58 heavy (non-hydrogen) atoms. The van der Waals surface area contributed by atoms with E-state index in [2.05, 4.69) is 139 Å². The molecule has 262 valence electrons. The molecule has 9 rings (SSSR count). The molecule has 0 aliphatic heterocycles. The summed E-state index contributed by atoms with van der Waals surface area (Å²) in [6, 6.07) is 20.4. The normalized spacial score (nSPS) is 11.7. The maximum Gasteiger partial charge on any atom is 0.164 e. The summed E-state index contributed by atoms with van der Waals surface area (Å²) >= 11 is 0. The molecule has 0 aliphatic carbocycles. The van der Waals surface area contributed by atoms with Crippen molar-refractivity contribution in [2.24, 2.45) is 0 Å². The summed E-state index contributed by atoms with van der Waals surface area (Å²) in [5.74, 6) is 1.98. The van der Waals surface area contributed by atoms with Crippen LogP contribution in [0.1, 0.15) is 0 Å². The van der Waals surface area contributed by atoms with Crippen LogP contribution in [0.15, 0.2) is 65.1 Å². The SMILES string of the molecule is Bc1c(-c2nc(-c3ccccc3)nc(-c3ccccc3)n2)c(B)c2c(oc3c(B)c(B)c(-n4c5c(B)c(B)c(B)c(B)c5c5c(B)c(B)c(B)c(B)c54)c(B)c32)c1B. The molecule has 9 aromatic rings. The van der Waals surface area contributed by atoms with E-state index in [-0.39, 0.29) is 0 Å². The molecule has 0 atom stereocenters. The Hall–Kier alpha value is -5.16. The van der Waals surface area contributed by atoms with Crippen LogP contribution in [0.25, 0.3) is 83.6 Å². The fourth-order valence-corrected chi connectivity index (χ4v) is 9.87. The molecule has 3 heterocycles. The van der Waals surface area contributed by atoms with Gasteiger partial charge in [-0.3, -0.25) is 0 Å². The quantitative estimate of drug-likeness (QED) is 0.169. The fourth-order valence-electron chi connectivity index (χ4n) is 9.87. The molecule has 0 N–H and O–H groups in total. The van der Waals surface area contributed by atoms with Crippen molar-refractivity contribution in [2.75, 3.05) is 0 Å². The number of hydrogen-bond donors (Lipinski definition) is 0. The van der Waals surface area contributed by atoms with Gasteiger partial charge >= 0.3 is 0 Å². The van der Waals surface area contributed by atoms with Gasteiger partial charge in [-0.15, -0.1) is 10.9 Å². The lowest BCUT2D eigenvalue weighted by Gasteiger charge is -2.22. The minimum absolute atomic E-state index is 0.654. The third-order valence-corrected chi connectivity index (χ3v) is 14.1. The lowest BCUT2D eigenvalue weighted by Crippen LogP contribution is -2.49. The number of fused-ring (bicyclic) bond motifs is 6. The van der Waals surface area contributed by atoms with Crippen LogP contribution in [0.5, 0.6) is 0 Å². The topological polar surface area (TPSA) is 56.7 Å². The molecule has 19 heteroatoms. The second kappa shape index (κ2) is 13.7. The Morgan fingerprint density at radius 3 is 1.21 bits per heavy atom. The van der Waals surface area contributed by atoms with Crippen molar-refractivity contribution in [1.82, 2.24) is 19.5 Å². The van der Waals surface area contributed by atoms with E-state index in [0.717, 1.165) is 60.5 Å². The summed E-state index contributed by atoms with van der Waals surface area (Å²) in [7, 11) is 31.8. The highest BCUT2D eigenvalue weighted by atomic mass is 16.3. The molecule has 3 aromatic heterocycles. The summed E-state index contributed by atoms with van der Waals surface area (Å²) in [5, 5.41) is 5.02. The van der Waals surface area contributed by atoms with Crippen LogP contribution >= 0.6 is 0 Å². The van der Waals surface area contributed by atoms with Gasteiger partial charge in [0.15, 0.2) is 17.5 Å². The number of rotatable bonds is 4. The van der Waals surface area contributed by atoms with Gasteiger partial charge in [0.1, 0.15) is 121 Å². The van der Waals surface area contributed by atoms with Crippen molar-refractivity contribution in [3.05, 3.63) is 60.7 Å². The maximum absolute atomic E-state index is 7.05. The minimum Gasteiger partial charge on any atom is -0.457 e. The Morgan fingerprint density at radius 1 is 0.345 bits per heavy atom. The number of benzene rings is 6. The van der Waals surface area contributed by atoms with Gasteiger partial charge in [0, 0.05) is 44.2 Å². The first kappa shape index (κ1) is 38.4. The van der Waals surface area contributed by atoms with E-state index in [1.54, 1.807) is 0 Å². The molecular weight excluding hydrogens is 692 g/mol. The molecule has 0 amide bonds. The summed E-state index contributed by atoms with van der Waals surface area (Å²) < 4.78 is 9.69. The van der Waals surface area contributed by atoms with Crippen LogP contribution in [0, 0.1) is 0 Å². The number of hydrogen-bond acceptors (Lipinski definition) is 4. The van der Waals surface area contributed by atoms with Crippen molar-refractivity contribution in [3.8, 4) is 39.9 Å². The average molecular weight is 730 g/mol. The molecular formula is C39H38B14N4O. The molecule has 5 nitrogen and oxygen atoms in total. The van der Waals surface area contributed by atoms with E-state index >= 15 is 0 Å². The van der Waals surface area contributed by atoms with E-state index in [1.807, 2.05) is 36.4 Å². The number of furan rings is 1. The van der Waals surface area contributed by atoms with Crippen LogP contribution in [-0.2, 0) is 0 Å². The van der Waals surface area contributed by atoms with Crippen LogP contribution in [0.3, 0.4) is 0 Å². The van der Waals surface area contributed by atoms with E-state index < -0.39 is 0 Å². The van der Waals surface area contributed by atoms with Gasteiger partial charge in [0.2, 0.25) is 0 Å². The van der Waals surface area contributed by atoms with Gasteiger partial charge in [-0.1, -0.05) is 126 Å². The first-order chi connectivity index (χ1) is 27.6. The molecule has 0 bridgehead atoms. The molecule has 0 saturated heterocycles. The first-order valence-electron chi connectivity index (χ1n) is 20.5. The van der Waals surface area contributed by atoms with Crippen molar-refractivity contribution in [2.45, 2.75) is 0 Å². The lowest BCUT2D eigenvalue weighted by atomic mass is 9.63. The second-order valence-corrected chi connectivity index (χ2v) is 16.8. The predicted molar refractivity (Wildman–Crippen MR) is 292 cm³/mol. The lowest BCUT2D eigenvalue weighted by molar-refractivity contribution is 0.675. The van der Waals surface area contributed by atoms with E-state index in [0.29, 0.717) is 17.5 Å². The zero-order valence-electron chi connectivity index (χ0n) is 36.5. The molecule has 6 aromatic carbocycles. The van der Waals surface area contributed by atoms with Gasteiger partial charge in [0.05, 0.1) is 0 Å². The van der Waals surface area contributed by atoms with Gasteiger partial charge in [-0.05, 0) is 10.8 Å². The highest BCUT2D eigenvalue weighted by Gasteiger charge is 2.29. The standard InChI is InChI=1S/C39H38B14N4O/c40-18-15-16-22(44)34(57-32-13(19(41)23(45)25(47)27(32)49)14-20(42)24(46)26(48)28(50)33(14)57)29(51)31(53)36(16)58-35(15)30(52)21(43)17(18)39-55-37(11-7-3-1-4-8-11)54-38(56-39)12-9-5-2-6-10-12/h1-10H,40-53H2. The number of nitrogens with zero attached hydrogens (tertiary/aromatic N) is 4. The summed E-state index contributed by atoms with van der Waals surface area (Å²) in [4.78, 5) is 15.5. The molecule has 0 unspecified atom stereocenters. The van der Waals surface area contributed by atoms with Crippen LogP contribution in [0.4, 0.5) is 0 Å². The van der Waals surface area contributed by atoms with Crippen molar-refractivity contribution in [1.29, 1.82) is 0 Å². The second-order valence-electron chi connectivity index (χ2n) is 16.8. The molecule has 0 saturated carbocycles. The van der Waals surface area contributed by atoms with Gasteiger partial charge in [-0.25, -0.2) is 15.0 Å². The monoisotopic (exact) mass is 732 g/mol. The summed E-state index contributed by atoms with van der Waals surface area (Å²) in [6.07, 6.45) is 0. The van der Waals surface area contributed by atoms with E-state index in [4.69, 9.17) is 19.4 Å². The third kappa shape index (κ3) is 5.27. The van der Waals surface area contributed by atoms with E-state index in [9.17, 15) is 0 Å². The smallest absolute Gasteiger partial charge is 0.164 e. The number of aromatic nitrogens is 4. The molecule has 0 fully saturated rings. The van der Waals surface area contributed by atoms with Crippen molar-refractivity contribution in [3.63, 3.8) is 0 Å². The molecule has 0 spiro atoms. The Balaban J connectivity index is 1.44. The summed E-state index contributed by atoms with van der Waals surface area (Å²) in [5.41, 5.74) is 26.4. The maximum atomic E-state index is 7.05. The largest absolute Gasteiger partial charge is 0.457 e. The Morgan fingerprint density at radius 2 is 0.741 bits per heavy atom. The van der Waals surface area contributed by atoms with Crippen LogP contribution in [-0.4, -0.2) is 129 Å². The third-order valence-electron chi connectivity index (χ3n) is 14.1. The fraction of sp³-hybridized carbons (Fsp3) is 0. The van der Waals surface area contributed by atoms with E-state index in [1.165, 1.54) is 82.1 Å². The predicted octanol–water partition coefficient (Wildman–Crippen LogP) is -14.5. The minimum atomic E-state index is 0.654. The van der Waals surface area contributed by atoms with Gasteiger partial charge in [-0.2, -0.15) is 0 Å². The highest BCUT2D eigenvalue weighted by Crippen LogP contribution is 2.31. The van der Waals surface area contributed by atoms with Gasteiger partial charge in [0.25, 0.3) is 0 Å². The summed E-state index contributed by atoms with van der Waals surface area (Å²) in [6.45, 7) is 0. The van der Waals surface area contributed by atoms with Crippen molar-refractivity contribution < 1.29 is 4.42 Å². The zero-order valence-corrected chi connectivity index (χ0v) is 36.5. The Kier molecular flexibility index (Phi) is 9.07. The molecule has 0 radical (unpaired) electrons. The average Bonchev–Trinajstić information content (AvgIpc) is 3.81. The first-order valence-corrected chi connectivity index (χ1v) is 20.5. The molecule has 0 aliphatic rings. The van der Waals surface area contributed by atoms with Crippen LogP contribution < -0.4 is 76.5 Å².